The smallest absolute Gasteiger partial charge is 0.229 e. The predicted molar refractivity (Wildman–Crippen MR) is 87.0 cm³/mol. The van der Waals surface area contributed by atoms with Crippen molar-refractivity contribution >= 4 is 16.8 Å². The molecule has 118 valence electrons. The Morgan fingerprint density at radius 1 is 1.39 bits per heavy atom. The van der Waals surface area contributed by atoms with Crippen LogP contribution in [0.15, 0.2) is 36.9 Å². The largest absolute Gasteiger partial charge is 0.357 e. The topological polar surface area (TPSA) is 75.6 Å². The number of aromatic nitrogens is 4. The number of fused-ring (bicyclic) bond motifs is 3. The van der Waals surface area contributed by atoms with Crippen molar-refractivity contribution in [2.24, 2.45) is 0 Å². The number of aromatic amines is 1. The normalized spacial score (nSPS) is 17.1. The van der Waals surface area contributed by atoms with Gasteiger partial charge in [0.25, 0.3) is 0 Å². The molecule has 0 radical (unpaired) electrons. The van der Waals surface area contributed by atoms with E-state index in [0.29, 0.717) is 13.1 Å². The fourth-order valence-corrected chi connectivity index (χ4v) is 3.44. The summed E-state index contributed by atoms with van der Waals surface area (Å²) in [5, 5.41) is 8.32. The van der Waals surface area contributed by atoms with Crippen molar-refractivity contribution in [3.63, 3.8) is 0 Å². The molecule has 2 heterocycles. The SMILES string of the molecule is O=C(NCCn1cncn1)C1CCCc2c1[nH]c1ccccc21. The van der Waals surface area contributed by atoms with Gasteiger partial charge >= 0.3 is 0 Å². The number of H-pyrrole nitrogens is 1. The fourth-order valence-electron chi connectivity index (χ4n) is 3.44. The zero-order chi connectivity index (χ0) is 15.6. The minimum atomic E-state index is -0.0816. The van der Waals surface area contributed by atoms with Crippen LogP contribution in [0.25, 0.3) is 10.9 Å². The van der Waals surface area contributed by atoms with Crippen LogP contribution < -0.4 is 5.32 Å². The lowest BCUT2D eigenvalue weighted by atomic mass is 9.86. The number of amides is 1. The molecule has 1 aliphatic carbocycles. The molecule has 23 heavy (non-hydrogen) atoms. The maximum Gasteiger partial charge on any atom is 0.229 e. The number of benzene rings is 1. The number of para-hydroxylation sites is 1. The molecule has 0 saturated carbocycles. The zero-order valence-electron chi connectivity index (χ0n) is 12.8. The molecular weight excluding hydrogens is 290 g/mol. The lowest BCUT2D eigenvalue weighted by Crippen LogP contribution is -2.33. The Morgan fingerprint density at radius 2 is 2.30 bits per heavy atom. The minimum absolute atomic E-state index is 0.0816. The summed E-state index contributed by atoms with van der Waals surface area (Å²) in [5.74, 6) is 0.0134. The van der Waals surface area contributed by atoms with Gasteiger partial charge in [0.1, 0.15) is 12.7 Å². The molecule has 1 atom stereocenters. The summed E-state index contributed by atoms with van der Waals surface area (Å²) in [6, 6.07) is 8.29. The highest BCUT2D eigenvalue weighted by atomic mass is 16.1. The molecule has 6 heteroatoms. The van der Waals surface area contributed by atoms with Gasteiger partial charge in [-0.2, -0.15) is 5.10 Å². The van der Waals surface area contributed by atoms with Gasteiger partial charge in [0.15, 0.2) is 0 Å². The Morgan fingerprint density at radius 3 is 3.17 bits per heavy atom. The first kappa shape index (κ1) is 14.0. The summed E-state index contributed by atoms with van der Waals surface area (Å²) in [6.07, 6.45) is 6.15. The number of aryl methyl sites for hydroxylation is 1. The number of carbonyl (C=O) groups excluding carboxylic acids is 1. The minimum Gasteiger partial charge on any atom is -0.357 e. The van der Waals surface area contributed by atoms with E-state index in [9.17, 15) is 4.79 Å². The Balaban J connectivity index is 1.50. The molecule has 2 N–H and O–H groups in total. The van der Waals surface area contributed by atoms with Crippen LogP contribution in [0.4, 0.5) is 0 Å². The molecular formula is C17H19N5O. The number of carbonyl (C=O) groups is 1. The highest BCUT2D eigenvalue weighted by Gasteiger charge is 2.29. The number of hydrogen-bond acceptors (Lipinski definition) is 3. The van der Waals surface area contributed by atoms with Gasteiger partial charge < -0.3 is 10.3 Å². The first-order valence-electron chi connectivity index (χ1n) is 8.02. The van der Waals surface area contributed by atoms with Gasteiger partial charge in [-0.1, -0.05) is 18.2 Å². The third-order valence-corrected chi connectivity index (χ3v) is 4.54. The zero-order valence-corrected chi connectivity index (χ0v) is 12.8. The molecule has 1 amide bonds. The average Bonchev–Trinajstić information content (AvgIpc) is 3.21. The van der Waals surface area contributed by atoms with E-state index in [1.807, 2.05) is 6.07 Å². The lowest BCUT2D eigenvalue weighted by Gasteiger charge is -2.22. The summed E-state index contributed by atoms with van der Waals surface area (Å²) in [7, 11) is 0. The summed E-state index contributed by atoms with van der Waals surface area (Å²) in [6.45, 7) is 1.20. The molecule has 1 aromatic carbocycles. The molecule has 0 bridgehead atoms. The molecule has 0 aliphatic heterocycles. The van der Waals surface area contributed by atoms with Crippen molar-refractivity contribution in [3.05, 3.63) is 48.2 Å². The lowest BCUT2D eigenvalue weighted by molar-refractivity contribution is -0.123. The first-order valence-corrected chi connectivity index (χ1v) is 8.02. The first-order chi connectivity index (χ1) is 11.3. The van der Waals surface area contributed by atoms with E-state index in [1.165, 1.54) is 17.3 Å². The number of hydrogen-bond donors (Lipinski definition) is 2. The third-order valence-electron chi connectivity index (χ3n) is 4.54. The van der Waals surface area contributed by atoms with Crippen molar-refractivity contribution in [2.45, 2.75) is 31.7 Å². The molecule has 2 aromatic heterocycles. The second kappa shape index (κ2) is 5.87. The molecule has 0 spiro atoms. The van der Waals surface area contributed by atoms with E-state index in [2.05, 4.69) is 38.6 Å². The Bertz CT molecular complexity index is 821. The molecule has 1 unspecified atom stereocenters. The Kier molecular flexibility index (Phi) is 3.57. The highest BCUT2D eigenvalue weighted by molar-refractivity contribution is 5.90. The van der Waals surface area contributed by atoms with Crippen LogP contribution in [0, 0.1) is 0 Å². The van der Waals surface area contributed by atoms with Crippen molar-refractivity contribution in [3.8, 4) is 0 Å². The molecule has 6 nitrogen and oxygen atoms in total. The molecule has 4 rings (SSSR count). The second-order valence-corrected chi connectivity index (χ2v) is 5.96. The molecule has 0 saturated heterocycles. The van der Waals surface area contributed by atoms with E-state index in [1.54, 1.807) is 11.0 Å². The van der Waals surface area contributed by atoms with Crippen molar-refractivity contribution in [1.82, 2.24) is 25.1 Å². The average molecular weight is 309 g/mol. The van der Waals surface area contributed by atoms with E-state index >= 15 is 0 Å². The van der Waals surface area contributed by atoms with Crippen LogP contribution in [0.2, 0.25) is 0 Å². The molecule has 0 fully saturated rings. The van der Waals surface area contributed by atoms with Gasteiger partial charge in [-0.3, -0.25) is 9.48 Å². The van der Waals surface area contributed by atoms with Crippen molar-refractivity contribution in [1.29, 1.82) is 0 Å². The van der Waals surface area contributed by atoms with E-state index in [-0.39, 0.29) is 11.8 Å². The monoisotopic (exact) mass is 309 g/mol. The summed E-state index contributed by atoms with van der Waals surface area (Å²) in [4.78, 5) is 20.0. The standard InChI is InChI=1S/C17H19N5O/c23-17(19-8-9-22-11-18-10-20-22)14-6-3-5-13-12-4-1-2-7-15(12)21-16(13)14/h1-2,4,7,10-11,14,21H,3,5-6,8-9H2,(H,19,23). The maximum atomic E-state index is 12.6. The van der Waals surface area contributed by atoms with Gasteiger partial charge in [0, 0.05) is 23.1 Å². The predicted octanol–water partition coefficient (Wildman–Crippen LogP) is 2.00. The summed E-state index contributed by atoms with van der Waals surface area (Å²) >= 11 is 0. The van der Waals surface area contributed by atoms with Gasteiger partial charge in [-0.25, -0.2) is 4.98 Å². The number of rotatable bonds is 4. The fraction of sp³-hybridized carbons (Fsp3) is 0.353. The summed E-state index contributed by atoms with van der Waals surface area (Å²) in [5.41, 5.74) is 3.53. The van der Waals surface area contributed by atoms with Crippen LogP contribution in [0.3, 0.4) is 0 Å². The van der Waals surface area contributed by atoms with E-state index < -0.39 is 0 Å². The van der Waals surface area contributed by atoms with Crippen LogP contribution >= 0.6 is 0 Å². The van der Waals surface area contributed by atoms with Crippen LogP contribution in [0.1, 0.15) is 30.0 Å². The second-order valence-electron chi connectivity index (χ2n) is 5.96. The Labute approximate surface area is 133 Å². The van der Waals surface area contributed by atoms with E-state index in [0.717, 1.165) is 30.5 Å². The Hall–Kier alpha value is -2.63. The van der Waals surface area contributed by atoms with Crippen LogP contribution in [0.5, 0.6) is 0 Å². The third kappa shape index (κ3) is 2.60. The van der Waals surface area contributed by atoms with Gasteiger partial charge in [0.2, 0.25) is 5.91 Å². The van der Waals surface area contributed by atoms with Crippen LogP contribution in [-0.4, -0.2) is 32.2 Å². The van der Waals surface area contributed by atoms with E-state index in [4.69, 9.17) is 0 Å². The van der Waals surface area contributed by atoms with Crippen molar-refractivity contribution < 1.29 is 4.79 Å². The maximum absolute atomic E-state index is 12.6. The highest BCUT2D eigenvalue weighted by Crippen LogP contribution is 2.35. The van der Waals surface area contributed by atoms with Crippen molar-refractivity contribution in [2.75, 3.05) is 6.54 Å². The quantitative estimate of drug-likeness (QED) is 0.774. The van der Waals surface area contributed by atoms with Gasteiger partial charge in [0.05, 0.1) is 12.5 Å². The molecule has 1 aliphatic rings. The summed E-state index contributed by atoms with van der Waals surface area (Å²) < 4.78 is 1.72. The van der Waals surface area contributed by atoms with Crippen LogP contribution in [-0.2, 0) is 17.8 Å². The van der Waals surface area contributed by atoms with Gasteiger partial charge in [-0.05, 0) is 30.9 Å². The molecule has 3 aromatic rings. The number of nitrogens with zero attached hydrogens (tertiary/aromatic N) is 3. The number of nitrogens with one attached hydrogen (secondary N) is 2. The van der Waals surface area contributed by atoms with Gasteiger partial charge in [-0.15, -0.1) is 0 Å².